The van der Waals surface area contributed by atoms with Crippen molar-refractivity contribution in [3.05, 3.63) is 76.7 Å². The number of halogens is 1. The topological polar surface area (TPSA) is 104 Å². The van der Waals surface area contributed by atoms with Crippen LogP contribution in [0.5, 0.6) is 17.2 Å². The van der Waals surface area contributed by atoms with E-state index in [1.165, 1.54) is 23.5 Å². The van der Waals surface area contributed by atoms with E-state index in [0.29, 0.717) is 36.9 Å². The van der Waals surface area contributed by atoms with Crippen LogP contribution >= 0.6 is 11.3 Å². The third-order valence-electron chi connectivity index (χ3n) is 6.61. The summed E-state index contributed by atoms with van der Waals surface area (Å²) in [4.78, 5) is 29.6. The van der Waals surface area contributed by atoms with Crippen LogP contribution in [0.4, 0.5) is 14.9 Å². The molecule has 5 rings (SSSR count). The standard InChI is InChI=1S/C30H30FN3O6S/c1-30(2,3)40-29(35)33-14-11-19(12-15-33)18-38-22-7-4-20(5-8-22)27-17-24-28(41-27)26(10-13-32-24)39-25-9-6-21(34(36)37)16-23(25)31/h4-10,13,16-17,19H,11-12,14-15,18H2,1-3H3. The Kier molecular flexibility index (Phi) is 8.07. The van der Waals surface area contributed by atoms with E-state index < -0.39 is 16.3 Å². The maximum absolute atomic E-state index is 14.4. The average Bonchev–Trinajstić information content (AvgIpc) is 3.38. The van der Waals surface area contributed by atoms with Crippen molar-refractivity contribution in [2.45, 2.75) is 39.2 Å². The van der Waals surface area contributed by atoms with Crippen LogP contribution in [0.2, 0.25) is 0 Å². The molecule has 0 aliphatic carbocycles. The van der Waals surface area contributed by atoms with Crippen LogP contribution in [0, 0.1) is 21.8 Å². The van der Waals surface area contributed by atoms with Crippen molar-refractivity contribution in [2.24, 2.45) is 5.92 Å². The summed E-state index contributed by atoms with van der Waals surface area (Å²) in [5.74, 6) is 0.623. The predicted molar refractivity (Wildman–Crippen MR) is 154 cm³/mol. The average molecular weight is 580 g/mol. The number of nitro groups is 1. The van der Waals surface area contributed by atoms with E-state index in [2.05, 4.69) is 4.98 Å². The molecule has 1 amide bonds. The molecule has 11 heteroatoms. The molecule has 0 spiro atoms. The lowest BCUT2D eigenvalue weighted by atomic mass is 9.98. The lowest BCUT2D eigenvalue weighted by molar-refractivity contribution is -0.385. The Hall–Kier alpha value is -4.25. The fourth-order valence-electron chi connectivity index (χ4n) is 4.48. The molecule has 2 aromatic heterocycles. The smallest absolute Gasteiger partial charge is 0.410 e. The molecule has 214 valence electrons. The first-order valence-electron chi connectivity index (χ1n) is 13.3. The molecule has 0 N–H and O–H groups in total. The van der Waals surface area contributed by atoms with Crippen molar-refractivity contribution in [2.75, 3.05) is 19.7 Å². The SMILES string of the molecule is CC(C)(C)OC(=O)N1CCC(COc2ccc(-c3cc4nccc(Oc5ccc([N+](=O)[O-])cc5F)c4s3)cc2)CC1. The fraction of sp³-hybridized carbons (Fsp3) is 0.333. The van der Waals surface area contributed by atoms with Gasteiger partial charge in [0.2, 0.25) is 0 Å². The number of carbonyl (C=O) groups is 1. The number of pyridine rings is 1. The van der Waals surface area contributed by atoms with Crippen molar-refractivity contribution in [3.8, 4) is 27.7 Å². The van der Waals surface area contributed by atoms with Crippen LogP contribution in [0.1, 0.15) is 33.6 Å². The number of hydrogen-bond donors (Lipinski definition) is 0. The quantitative estimate of drug-likeness (QED) is 0.162. The van der Waals surface area contributed by atoms with Crippen molar-refractivity contribution in [1.29, 1.82) is 0 Å². The van der Waals surface area contributed by atoms with E-state index in [4.69, 9.17) is 14.2 Å². The first-order valence-corrected chi connectivity index (χ1v) is 14.1. The Morgan fingerprint density at radius 1 is 1.10 bits per heavy atom. The zero-order valence-electron chi connectivity index (χ0n) is 23.0. The Bertz CT molecular complexity index is 1560. The van der Waals surface area contributed by atoms with E-state index in [0.717, 1.165) is 39.8 Å². The van der Waals surface area contributed by atoms with Crippen molar-refractivity contribution < 1.29 is 28.3 Å². The van der Waals surface area contributed by atoms with Crippen molar-refractivity contribution >= 4 is 33.3 Å². The number of aromatic nitrogens is 1. The van der Waals surface area contributed by atoms with Gasteiger partial charge in [-0.1, -0.05) is 0 Å². The lowest BCUT2D eigenvalue weighted by Gasteiger charge is -2.33. The number of likely N-dealkylation sites (tertiary alicyclic amines) is 1. The first-order chi connectivity index (χ1) is 19.6. The van der Waals surface area contributed by atoms with Crippen LogP contribution in [0.3, 0.4) is 0 Å². The monoisotopic (exact) mass is 579 g/mol. The van der Waals surface area contributed by atoms with Gasteiger partial charge in [-0.2, -0.15) is 0 Å². The molecular formula is C30H30FN3O6S. The van der Waals surface area contributed by atoms with Crippen LogP contribution < -0.4 is 9.47 Å². The minimum Gasteiger partial charge on any atom is -0.493 e. The molecule has 41 heavy (non-hydrogen) atoms. The zero-order valence-corrected chi connectivity index (χ0v) is 23.8. The summed E-state index contributed by atoms with van der Waals surface area (Å²) in [5, 5.41) is 10.9. The number of carbonyl (C=O) groups excluding carboxylic acids is 1. The van der Waals surface area contributed by atoms with Gasteiger partial charge in [0.1, 0.15) is 17.1 Å². The van der Waals surface area contributed by atoms with Gasteiger partial charge in [-0.15, -0.1) is 11.3 Å². The molecule has 1 fully saturated rings. The van der Waals surface area contributed by atoms with Gasteiger partial charge < -0.3 is 19.1 Å². The molecular weight excluding hydrogens is 549 g/mol. The molecule has 1 aliphatic rings. The Balaban J connectivity index is 1.20. The minimum atomic E-state index is -0.815. The summed E-state index contributed by atoms with van der Waals surface area (Å²) in [6, 6.07) is 14.7. The summed E-state index contributed by atoms with van der Waals surface area (Å²) in [7, 11) is 0. The molecule has 4 aromatic rings. The Labute approximate surface area is 240 Å². The normalized spacial score (nSPS) is 14.2. The number of ether oxygens (including phenoxy) is 3. The molecule has 0 saturated carbocycles. The molecule has 0 atom stereocenters. The number of non-ortho nitro benzene ring substituents is 1. The van der Waals surface area contributed by atoms with Crippen LogP contribution in [0.25, 0.3) is 20.7 Å². The maximum atomic E-state index is 14.4. The highest BCUT2D eigenvalue weighted by molar-refractivity contribution is 7.22. The predicted octanol–water partition coefficient (Wildman–Crippen LogP) is 7.83. The second-order valence-corrected chi connectivity index (χ2v) is 11.9. The number of rotatable bonds is 7. The molecule has 2 aromatic carbocycles. The molecule has 3 heterocycles. The number of hydrogen-bond acceptors (Lipinski definition) is 8. The van der Waals surface area contributed by atoms with Crippen LogP contribution in [-0.2, 0) is 4.74 Å². The summed E-state index contributed by atoms with van der Waals surface area (Å²) in [6.07, 6.45) is 3.04. The third kappa shape index (κ3) is 6.91. The molecule has 0 unspecified atom stereocenters. The summed E-state index contributed by atoms with van der Waals surface area (Å²) >= 11 is 1.46. The highest BCUT2D eigenvalue weighted by atomic mass is 32.1. The molecule has 1 aliphatic heterocycles. The van der Waals surface area contributed by atoms with E-state index in [1.807, 2.05) is 51.1 Å². The van der Waals surface area contributed by atoms with E-state index in [9.17, 15) is 19.3 Å². The second-order valence-electron chi connectivity index (χ2n) is 10.9. The van der Waals surface area contributed by atoms with Gasteiger partial charge in [0.15, 0.2) is 11.6 Å². The van der Waals surface area contributed by atoms with E-state index >= 15 is 0 Å². The fourth-order valence-corrected chi connectivity index (χ4v) is 5.55. The number of piperidine rings is 1. The van der Waals surface area contributed by atoms with Crippen molar-refractivity contribution in [3.63, 3.8) is 0 Å². The van der Waals surface area contributed by atoms with Gasteiger partial charge in [-0.3, -0.25) is 15.1 Å². The molecule has 0 radical (unpaired) electrons. The first kappa shape index (κ1) is 28.3. The largest absolute Gasteiger partial charge is 0.493 e. The molecule has 1 saturated heterocycles. The minimum absolute atomic E-state index is 0.102. The number of nitrogens with zero attached hydrogens (tertiary/aromatic N) is 3. The zero-order chi connectivity index (χ0) is 29.1. The number of amides is 1. The van der Waals surface area contributed by atoms with Gasteiger partial charge in [-0.25, -0.2) is 9.18 Å². The van der Waals surface area contributed by atoms with Gasteiger partial charge in [0, 0.05) is 36.3 Å². The summed E-state index contributed by atoms with van der Waals surface area (Å²) in [6.45, 7) is 7.50. The maximum Gasteiger partial charge on any atom is 0.410 e. The number of fused-ring (bicyclic) bond motifs is 1. The highest BCUT2D eigenvalue weighted by Gasteiger charge is 2.27. The Morgan fingerprint density at radius 2 is 1.83 bits per heavy atom. The van der Waals surface area contributed by atoms with Crippen LogP contribution in [-0.4, -0.2) is 46.2 Å². The van der Waals surface area contributed by atoms with Gasteiger partial charge >= 0.3 is 6.09 Å². The van der Waals surface area contributed by atoms with Gasteiger partial charge in [0.05, 0.1) is 27.8 Å². The van der Waals surface area contributed by atoms with E-state index in [1.54, 1.807) is 17.2 Å². The molecule has 9 nitrogen and oxygen atoms in total. The van der Waals surface area contributed by atoms with Crippen molar-refractivity contribution in [1.82, 2.24) is 9.88 Å². The van der Waals surface area contributed by atoms with Gasteiger partial charge in [-0.05, 0) is 81.5 Å². The third-order valence-corrected chi connectivity index (χ3v) is 7.80. The second kappa shape index (κ2) is 11.7. The Morgan fingerprint density at radius 3 is 2.49 bits per heavy atom. The summed E-state index contributed by atoms with van der Waals surface area (Å²) < 4.78 is 32.4. The van der Waals surface area contributed by atoms with E-state index in [-0.39, 0.29) is 17.5 Å². The van der Waals surface area contributed by atoms with Gasteiger partial charge in [0.25, 0.3) is 5.69 Å². The lowest BCUT2D eigenvalue weighted by Crippen LogP contribution is -2.42. The van der Waals surface area contributed by atoms with Crippen LogP contribution in [0.15, 0.2) is 60.8 Å². The highest BCUT2D eigenvalue weighted by Crippen LogP contribution is 2.40. The number of nitro benzene ring substituents is 1. The molecule has 0 bridgehead atoms. The summed E-state index contributed by atoms with van der Waals surface area (Å²) in [5.41, 5.74) is 0.825. The number of thiophene rings is 1. The number of benzene rings is 2.